The number of hydrogen-bond donors (Lipinski definition) is 1. The van der Waals surface area contributed by atoms with E-state index in [4.69, 9.17) is 22.1 Å². The highest BCUT2D eigenvalue weighted by Gasteiger charge is 2.25. The van der Waals surface area contributed by atoms with Crippen molar-refractivity contribution in [2.24, 2.45) is 0 Å². The summed E-state index contributed by atoms with van der Waals surface area (Å²) < 4.78 is 5.26. The first-order valence-electron chi connectivity index (χ1n) is 7.10. The molecule has 116 valence electrons. The molecule has 6 heteroatoms. The number of ether oxygens (including phenoxy) is 1. The van der Waals surface area contributed by atoms with Crippen molar-refractivity contribution in [3.63, 3.8) is 0 Å². The van der Waals surface area contributed by atoms with E-state index in [-0.39, 0.29) is 5.91 Å². The zero-order valence-electron chi connectivity index (χ0n) is 12.7. The summed E-state index contributed by atoms with van der Waals surface area (Å²) >= 11 is 6.03. The summed E-state index contributed by atoms with van der Waals surface area (Å²) in [5.41, 5.74) is 6.63. The van der Waals surface area contributed by atoms with E-state index in [9.17, 15) is 4.79 Å². The second kappa shape index (κ2) is 6.54. The molecule has 1 amide bonds. The quantitative estimate of drug-likeness (QED) is 0.869. The maximum Gasteiger partial charge on any atom is 0.257 e. The molecular weight excluding hydrogens is 290 g/mol. The number of rotatable bonds is 3. The minimum Gasteiger partial charge on any atom is -0.496 e. The van der Waals surface area contributed by atoms with Crippen molar-refractivity contribution in [1.82, 2.24) is 9.80 Å². The van der Waals surface area contributed by atoms with Crippen molar-refractivity contribution in [3.05, 3.63) is 22.7 Å². The third-order valence-corrected chi connectivity index (χ3v) is 4.21. The number of nitrogens with zero attached hydrogens (tertiary/aromatic N) is 2. The van der Waals surface area contributed by atoms with Crippen LogP contribution in [-0.4, -0.2) is 55.0 Å². The Hall–Kier alpha value is -1.46. The summed E-state index contributed by atoms with van der Waals surface area (Å²) in [5, 5.41) is 0.375. The van der Waals surface area contributed by atoms with E-state index < -0.39 is 0 Å². The molecule has 2 N–H and O–H groups in total. The molecule has 0 radical (unpaired) electrons. The van der Waals surface area contributed by atoms with Gasteiger partial charge in [-0.2, -0.15) is 0 Å². The SMILES string of the molecule is COc1cc(N)c(Cl)cc1C(=O)N1CCN(C(C)C)CC1. The molecule has 0 aromatic heterocycles. The number of nitrogen functional groups attached to an aromatic ring is 1. The van der Waals surface area contributed by atoms with Crippen molar-refractivity contribution < 1.29 is 9.53 Å². The van der Waals surface area contributed by atoms with Crippen LogP contribution < -0.4 is 10.5 Å². The van der Waals surface area contributed by atoms with Crippen LogP contribution in [0.25, 0.3) is 0 Å². The Labute approximate surface area is 130 Å². The minimum absolute atomic E-state index is 0.0582. The molecule has 0 spiro atoms. The fourth-order valence-electron chi connectivity index (χ4n) is 2.52. The molecule has 1 fully saturated rings. The molecule has 1 aliphatic heterocycles. The standard InChI is InChI=1S/C15H22ClN3O2/c1-10(2)18-4-6-19(7-5-18)15(20)11-8-12(16)13(17)9-14(11)21-3/h8-10H,4-7,17H2,1-3H3. The van der Waals surface area contributed by atoms with Crippen LogP contribution in [0, 0.1) is 0 Å². The van der Waals surface area contributed by atoms with Gasteiger partial charge in [-0.3, -0.25) is 9.69 Å². The van der Waals surface area contributed by atoms with Crippen LogP contribution in [0.4, 0.5) is 5.69 Å². The van der Waals surface area contributed by atoms with Crippen molar-refractivity contribution in [1.29, 1.82) is 0 Å². The molecule has 2 rings (SSSR count). The number of carbonyl (C=O) groups excluding carboxylic acids is 1. The van der Waals surface area contributed by atoms with Gasteiger partial charge >= 0.3 is 0 Å². The predicted octanol–water partition coefficient (Wildman–Crippen LogP) is 2.10. The maximum atomic E-state index is 12.6. The third-order valence-electron chi connectivity index (χ3n) is 3.88. The minimum atomic E-state index is -0.0582. The fraction of sp³-hybridized carbons (Fsp3) is 0.533. The van der Waals surface area contributed by atoms with Crippen LogP contribution in [0.5, 0.6) is 5.75 Å². The third kappa shape index (κ3) is 3.41. The van der Waals surface area contributed by atoms with E-state index >= 15 is 0 Å². The van der Waals surface area contributed by atoms with Crippen molar-refractivity contribution >= 4 is 23.2 Å². The van der Waals surface area contributed by atoms with Gasteiger partial charge in [0, 0.05) is 38.3 Å². The largest absolute Gasteiger partial charge is 0.496 e. The zero-order chi connectivity index (χ0) is 15.6. The van der Waals surface area contributed by atoms with Crippen LogP contribution in [-0.2, 0) is 0 Å². The smallest absolute Gasteiger partial charge is 0.257 e. The van der Waals surface area contributed by atoms with E-state index in [1.807, 2.05) is 4.90 Å². The summed E-state index contributed by atoms with van der Waals surface area (Å²) in [4.78, 5) is 16.8. The first-order valence-corrected chi connectivity index (χ1v) is 7.48. The number of halogens is 1. The Morgan fingerprint density at radius 2 is 1.90 bits per heavy atom. The lowest BCUT2D eigenvalue weighted by Gasteiger charge is -2.37. The number of carbonyl (C=O) groups is 1. The van der Waals surface area contributed by atoms with Gasteiger partial charge in [0.2, 0.25) is 0 Å². The number of amides is 1. The maximum absolute atomic E-state index is 12.6. The van der Waals surface area contributed by atoms with Gasteiger partial charge in [0.25, 0.3) is 5.91 Å². The lowest BCUT2D eigenvalue weighted by Crippen LogP contribution is -2.50. The Morgan fingerprint density at radius 1 is 1.29 bits per heavy atom. The molecule has 1 aromatic carbocycles. The first kappa shape index (κ1) is 15.9. The average Bonchev–Trinajstić information content (AvgIpc) is 2.49. The molecule has 0 unspecified atom stereocenters. The van der Waals surface area contributed by atoms with Crippen molar-refractivity contribution in [2.45, 2.75) is 19.9 Å². The molecule has 1 aliphatic rings. The Balaban J connectivity index is 2.16. The molecule has 1 heterocycles. The van der Waals surface area contributed by atoms with Gasteiger partial charge in [-0.1, -0.05) is 11.6 Å². The highest BCUT2D eigenvalue weighted by molar-refractivity contribution is 6.33. The molecule has 0 aliphatic carbocycles. The topological polar surface area (TPSA) is 58.8 Å². The van der Waals surface area contributed by atoms with Crippen LogP contribution in [0.1, 0.15) is 24.2 Å². The summed E-state index contributed by atoms with van der Waals surface area (Å²) in [6.45, 7) is 7.52. The second-order valence-electron chi connectivity index (χ2n) is 5.50. The molecule has 1 saturated heterocycles. The second-order valence-corrected chi connectivity index (χ2v) is 5.90. The number of anilines is 1. The molecule has 21 heavy (non-hydrogen) atoms. The lowest BCUT2D eigenvalue weighted by molar-refractivity contribution is 0.0592. The van der Waals surface area contributed by atoms with Crippen LogP contribution in [0.15, 0.2) is 12.1 Å². The van der Waals surface area contributed by atoms with Gasteiger partial charge in [0.1, 0.15) is 5.75 Å². The summed E-state index contributed by atoms with van der Waals surface area (Å²) in [7, 11) is 1.52. The van der Waals surface area contributed by atoms with E-state index in [0.29, 0.717) is 41.2 Å². The average molecular weight is 312 g/mol. The molecule has 0 bridgehead atoms. The summed E-state index contributed by atoms with van der Waals surface area (Å²) in [6.07, 6.45) is 0. The summed E-state index contributed by atoms with van der Waals surface area (Å²) in [6, 6.07) is 3.69. The number of nitrogens with two attached hydrogens (primary N) is 1. The Bertz CT molecular complexity index is 526. The molecule has 0 saturated carbocycles. The van der Waals surface area contributed by atoms with Crippen molar-refractivity contribution in [2.75, 3.05) is 39.0 Å². The van der Waals surface area contributed by atoms with Gasteiger partial charge in [0.05, 0.1) is 23.4 Å². The van der Waals surface area contributed by atoms with Gasteiger partial charge in [0.15, 0.2) is 0 Å². The van der Waals surface area contributed by atoms with E-state index in [1.165, 1.54) is 7.11 Å². The molecule has 1 aromatic rings. The number of benzene rings is 1. The van der Waals surface area contributed by atoms with E-state index in [1.54, 1.807) is 12.1 Å². The van der Waals surface area contributed by atoms with Crippen LogP contribution >= 0.6 is 11.6 Å². The molecule has 5 nitrogen and oxygen atoms in total. The van der Waals surface area contributed by atoms with E-state index in [0.717, 1.165) is 13.1 Å². The normalized spacial score (nSPS) is 16.3. The summed E-state index contributed by atoms with van der Waals surface area (Å²) in [5.74, 6) is 0.408. The fourth-order valence-corrected chi connectivity index (χ4v) is 2.68. The lowest BCUT2D eigenvalue weighted by atomic mass is 10.1. The molecule has 0 atom stereocenters. The monoisotopic (exact) mass is 311 g/mol. The predicted molar refractivity (Wildman–Crippen MR) is 85.0 cm³/mol. The number of hydrogen-bond acceptors (Lipinski definition) is 4. The van der Waals surface area contributed by atoms with Crippen LogP contribution in [0.2, 0.25) is 5.02 Å². The van der Waals surface area contributed by atoms with Gasteiger partial charge in [-0.25, -0.2) is 0 Å². The highest BCUT2D eigenvalue weighted by atomic mass is 35.5. The highest BCUT2D eigenvalue weighted by Crippen LogP contribution is 2.30. The van der Waals surface area contributed by atoms with E-state index in [2.05, 4.69) is 18.7 Å². The van der Waals surface area contributed by atoms with Gasteiger partial charge in [-0.15, -0.1) is 0 Å². The number of methoxy groups -OCH3 is 1. The van der Waals surface area contributed by atoms with Crippen molar-refractivity contribution in [3.8, 4) is 5.75 Å². The number of piperazine rings is 1. The molecular formula is C15H22ClN3O2. The van der Waals surface area contributed by atoms with Crippen LogP contribution in [0.3, 0.4) is 0 Å². The zero-order valence-corrected chi connectivity index (χ0v) is 13.5. The Kier molecular flexibility index (Phi) is 4.96. The van der Waals surface area contributed by atoms with Gasteiger partial charge in [-0.05, 0) is 19.9 Å². The first-order chi connectivity index (χ1) is 9.93. The van der Waals surface area contributed by atoms with Gasteiger partial charge < -0.3 is 15.4 Å². The Morgan fingerprint density at radius 3 is 2.43 bits per heavy atom.